The molecule has 81 heavy (non-hydrogen) atoms. The van der Waals surface area contributed by atoms with Crippen LogP contribution in [0.15, 0.2) is 95.9 Å². The minimum Gasteiger partial charge on any atom is -0.391 e. The van der Waals surface area contributed by atoms with Crippen molar-refractivity contribution in [1.29, 1.82) is 0 Å². The first-order chi connectivity index (χ1) is 38.8. The van der Waals surface area contributed by atoms with Gasteiger partial charge in [-0.2, -0.15) is 4.98 Å². The largest absolute Gasteiger partial charge is 0.391 e. The minimum absolute atomic E-state index is 0.0171. The second kappa shape index (κ2) is 27.0. The fraction of sp³-hybridized carbons (Fsp3) is 0.483. The van der Waals surface area contributed by atoms with Crippen molar-refractivity contribution in [3.05, 3.63) is 118 Å². The number of allylic oxidation sites excluding steroid dienone is 1. The molecular formula is C60H79N13O7S. The highest BCUT2D eigenvalue weighted by Crippen LogP contribution is 2.30. The maximum atomic E-state index is 14.0. The highest BCUT2D eigenvalue weighted by molar-refractivity contribution is 7.13. The fourth-order valence-corrected chi connectivity index (χ4v) is 11.2. The normalized spacial score (nSPS) is 16.3. The van der Waals surface area contributed by atoms with Gasteiger partial charge in [0.25, 0.3) is 5.56 Å². The summed E-state index contributed by atoms with van der Waals surface area (Å²) in [6.45, 7) is 20.2. The molecule has 2 saturated heterocycles. The van der Waals surface area contributed by atoms with Crippen LogP contribution in [0.1, 0.15) is 109 Å². The van der Waals surface area contributed by atoms with E-state index in [9.17, 15) is 34.2 Å². The van der Waals surface area contributed by atoms with Gasteiger partial charge in [0.05, 0.1) is 34.4 Å². The number of aliphatic hydroxyl groups excluding tert-OH is 1. The van der Waals surface area contributed by atoms with E-state index in [0.717, 1.165) is 97.9 Å². The van der Waals surface area contributed by atoms with Crippen LogP contribution in [0.25, 0.3) is 27.3 Å². The number of β-amino-alcohol motifs (C(OH)–C–C–N with tert-alkyl or cyclic N) is 1. The second-order valence-electron chi connectivity index (χ2n) is 22.8. The lowest BCUT2D eigenvalue weighted by Gasteiger charge is -2.36. The molecule has 0 radical (unpaired) electrons. The summed E-state index contributed by atoms with van der Waals surface area (Å²) in [5.41, 5.74) is 5.36. The molecular weight excluding hydrogens is 1050 g/mol. The van der Waals surface area contributed by atoms with E-state index < -0.39 is 29.2 Å². The summed E-state index contributed by atoms with van der Waals surface area (Å²) in [6, 6.07) is 19.6. The zero-order chi connectivity index (χ0) is 57.8. The van der Waals surface area contributed by atoms with Crippen LogP contribution in [0.5, 0.6) is 0 Å². The number of benzene rings is 2. The third-order valence-corrected chi connectivity index (χ3v) is 15.9. The van der Waals surface area contributed by atoms with Crippen molar-refractivity contribution >= 4 is 63.3 Å². The molecule has 2 aromatic carbocycles. The van der Waals surface area contributed by atoms with Gasteiger partial charge in [-0.25, -0.2) is 24.3 Å². The topological polar surface area (TPSA) is 245 Å². The maximum absolute atomic E-state index is 14.0. The number of piperazine rings is 1. The van der Waals surface area contributed by atoms with Gasteiger partial charge in [0.1, 0.15) is 23.1 Å². The van der Waals surface area contributed by atoms with E-state index in [1.807, 2.05) is 69.6 Å². The predicted octanol–water partition coefficient (Wildman–Crippen LogP) is 6.73. The van der Waals surface area contributed by atoms with Gasteiger partial charge in [0.15, 0.2) is 11.5 Å². The molecule has 0 aliphatic carbocycles. The van der Waals surface area contributed by atoms with Crippen LogP contribution in [0.2, 0.25) is 0 Å². The van der Waals surface area contributed by atoms with Crippen LogP contribution in [0, 0.1) is 12.3 Å². The summed E-state index contributed by atoms with van der Waals surface area (Å²) in [5.74, 6) is -0.146. The molecule has 8 rings (SSSR count). The van der Waals surface area contributed by atoms with Crippen molar-refractivity contribution < 1.29 is 29.4 Å². The van der Waals surface area contributed by atoms with Crippen LogP contribution in [0.4, 0.5) is 17.3 Å². The molecule has 6 N–H and O–H groups in total. The van der Waals surface area contributed by atoms with Gasteiger partial charge in [-0.15, -0.1) is 17.9 Å². The number of hydrogen-bond donors (Lipinski definition) is 6. The number of anilines is 3. The number of aryl methyl sites for hydroxylation is 1. The molecule has 0 bridgehead atoms. The third kappa shape index (κ3) is 15.6. The number of nitrogens with zero attached hydrogens (tertiary/aromatic N) is 9. The highest BCUT2D eigenvalue weighted by Gasteiger charge is 2.44. The standard InChI is InChI=1S/C60H79N13O7S/c1-8-29-72-56(78)46-37-63-58(68-54(46)73(72)49-17-14-16-48(66-49)60(6,7)80)65-43-24-26-44(27-25-43)70-33-31-69(32-34-70)30-15-19-50(75)61-28-13-11-9-10-12-18-51(76)67-53(59(3,4)5)57(79)71-38-45(74)35-47(71)55(77)62-36-41-20-22-42(23-21-41)52-40(2)64-39-81-52/h8,14,16-17,20-27,37,39,45,47,53,74,80H,1,9-13,15,18-19,28-36,38H2,2-7H3,(H,61,75)(H,62,77)(H,67,76)(H,63,65,68)/t45-,47+,53-/m1/s1. The first-order valence-electron chi connectivity index (χ1n) is 28.2. The first kappa shape index (κ1) is 59.8. The quantitative estimate of drug-likeness (QED) is 0.0257. The Balaban J connectivity index is 0.688. The number of hydrogen-bond acceptors (Lipinski definition) is 15. The number of rotatable bonds is 25. The number of carbonyl (C=O) groups is 4. The minimum atomic E-state index is -1.19. The van der Waals surface area contributed by atoms with E-state index in [0.29, 0.717) is 47.9 Å². The van der Waals surface area contributed by atoms with Gasteiger partial charge in [0, 0.05) is 82.6 Å². The number of thiazole rings is 1. The SMILES string of the molecule is C=CCn1c(=O)c2cnc(Nc3ccc(N4CCN(CCCC(=O)NCCCCCCCC(=O)N[C@H](C(=O)N5C[C@H](O)C[C@H]5C(=O)NCc5ccc(-c6scnc6C)cc5)C(C)(C)C)CC4)cc3)nc2n1-c1cccc(C(C)(C)O)n1. The zero-order valence-corrected chi connectivity index (χ0v) is 48.4. The first-order valence-corrected chi connectivity index (χ1v) is 29.1. The smallest absolute Gasteiger partial charge is 0.278 e. The molecule has 2 aliphatic rings. The van der Waals surface area contributed by atoms with Gasteiger partial charge in [-0.3, -0.25) is 28.9 Å². The van der Waals surface area contributed by atoms with Crippen molar-refractivity contribution in [2.45, 2.75) is 136 Å². The van der Waals surface area contributed by atoms with Gasteiger partial charge < -0.3 is 41.3 Å². The Morgan fingerprint density at radius 3 is 2.26 bits per heavy atom. The van der Waals surface area contributed by atoms with Crippen LogP contribution in [-0.2, 0) is 37.9 Å². The molecule has 0 saturated carbocycles. The maximum Gasteiger partial charge on any atom is 0.278 e. The average molecular weight is 1130 g/mol. The number of aromatic nitrogens is 6. The van der Waals surface area contributed by atoms with Gasteiger partial charge in [-0.1, -0.05) is 76.4 Å². The lowest BCUT2D eigenvalue weighted by Crippen LogP contribution is -2.57. The molecule has 432 valence electrons. The predicted molar refractivity (Wildman–Crippen MR) is 316 cm³/mol. The number of unbranched alkanes of at least 4 members (excludes halogenated alkanes) is 4. The molecule has 2 fully saturated rings. The molecule has 3 atom stereocenters. The van der Waals surface area contributed by atoms with E-state index >= 15 is 0 Å². The van der Waals surface area contributed by atoms with Crippen molar-refractivity contribution in [2.24, 2.45) is 5.41 Å². The summed E-state index contributed by atoms with van der Waals surface area (Å²) >= 11 is 1.58. The number of pyridine rings is 1. The Bertz CT molecular complexity index is 3190. The van der Waals surface area contributed by atoms with Crippen molar-refractivity contribution in [1.82, 2.24) is 55.0 Å². The zero-order valence-electron chi connectivity index (χ0n) is 47.6. The van der Waals surface area contributed by atoms with Crippen LogP contribution in [0.3, 0.4) is 0 Å². The summed E-state index contributed by atoms with van der Waals surface area (Å²) in [6.07, 6.45) is 8.13. The summed E-state index contributed by atoms with van der Waals surface area (Å²) < 4.78 is 3.13. The van der Waals surface area contributed by atoms with Crippen LogP contribution in [-0.4, -0.2) is 137 Å². The van der Waals surface area contributed by atoms with Gasteiger partial charge in [0.2, 0.25) is 29.6 Å². The molecule has 2 aliphatic heterocycles. The fourth-order valence-electron chi connectivity index (χ4n) is 10.3. The van der Waals surface area contributed by atoms with Crippen molar-refractivity contribution in [3.8, 4) is 16.3 Å². The van der Waals surface area contributed by atoms with Crippen molar-refractivity contribution in [3.63, 3.8) is 0 Å². The van der Waals surface area contributed by atoms with Gasteiger partial charge in [-0.05, 0) is 99.5 Å². The van der Waals surface area contributed by atoms with E-state index in [4.69, 9.17) is 4.98 Å². The Kier molecular flexibility index (Phi) is 19.9. The Labute approximate surface area is 478 Å². The van der Waals surface area contributed by atoms with E-state index in [1.165, 1.54) is 15.8 Å². The van der Waals surface area contributed by atoms with Crippen molar-refractivity contribution in [2.75, 3.05) is 56.0 Å². The number of nitrogens with one attached hydrogen (secondary N) is 4. The van der Waals surface area contributed by atoms with Gasteiger partial charge >= 0.3 is 0 Å². The summed E-state index contributed by atoms with van der Waals surface area (Å²) in [7, 11) is 0. The third-order valence-electron chi connectivity index (χ3n) is 14.9. The molecule has 4 aromatic heterocycles. The monoisotopic (exact) mass is 1130 g/mol. The highest BCUT2D eigenvalue weighted by atomic mass is 32.1. The average Bonchev–Trinajstić information content (AvgIpc) is 4.16. The number of amides is 4. The second-order valence-corrected chi connectivity index (χ2v) is 23.6. The van der Waals surface area contributed by atoms with E-state index in [-0.39, 0.29) is 61.7 Å². The molecule has 6 aromatic rings. The summed E-state index contributed by atoms with van der Waals surface area (Å²) in [4.78, 5) is 92.3. The lowest BCUT2D eigenvalue weighted by molar-refractivity contribution is -0.144. The number of fused-ring (bicyclic) bond motifs is 1. The van der Waals surface area contributed by atoms with Crippen LogP contribution < -0.4 is 31.7 Å². The van der Waals surface area contributed by atoms with E-state index in [2.05, 4.69) is 64.7 Å². The van der Waals surface area contributed by atoms with Crippen LogP contribution >= 0.6 is 11.3 Å². The Morgan fingerprint density at radius 2 is 1.57 bits per heavy atom. The summed E-state index contributed by atoms with van der Waals surface area (Å²) in [5, 5.41) is 33.8. The Hall–Kier alpha value is -7.33. The molecule has 6 heterocycles. The lowest BCUT2D eigenvalue weighted by atomic mass is 9.85. The number of likely N-dealkylation sites (tertiary alicyclic amines) is 1. The molecule has 4 amide bonds. The molecule has 21 heteroatoms. The van der Waals surface area contributed by atoms with E-state index in [1.54, 1.807) is 54.1 Å². The molecule has 20 nitrogen and oxygen atoms in total. The number of aliphatic hydroxyl groups is 2. The molecule has 0 unspecified atom stereocenters. The Morgan fingerprint density at radius 1 is 0.852 bits per heavy atom. The molecule has 0 spiro atoms. The number of carbonyl (C=O) groups excluding carboxylic acids is 4.